The lowest BCUT2D eigenvalue weighted by Crippen LogP contribution is -2.28. The molecule has 9 aromatic carbocycles. The van der Waals surface area contributed by atoms with E-state index in [1.807, 2.05) is 0 Å². The number of hydrogen-bond donors (Lipinski definition) is 0. The summed E-state index contributed by atoms with van der Waals surface area (Å²) in [5.41, 5.74) is 19.4. The average Bonchev–Trinajstić information content (AvgIpc) is 3.77. The van der Waals surface area contributed by atoms with Gasteiger partial charge < -0.3 is 4.90 Å². The maximum Gasteiger partial charge on any atom is 0.146 e. The number of para-hydroxylation sites is 3. The van der Waals surface area contributed by atoms with Crippen LogP contribution in [0.15, 0.2) is 243 Å². The van der Waals surface area contributed by atoms with Crippen molar-refractivity contribution in [1.29, 1.82) is 0 Å². The summed E-state index contributed by atoms with van der Waals surface area (Å²) in [6, 6.07) is 81.7. The van der Waals surface area contributed by atoms with Crippen LogP contribution in [0.4, 0.5) is 17.1 Å². The van der Waals surface area contributed by atoms with Gasteiger partial charge in [-0.15, -0.1) is 0 Å². The van der Waals surface area contributed by atoms with Gasteiger partial charge in [0.25, 0.3) is 0 Å². The van der Waals surface area contributed by atoms with Gasteiger partial charge >= 0.3 is 0 Å². The highest BCUT2D eigenvalue weighted by Crippen LogP contribution is 2.57. The van der Waals surface area contributed by atoms with Gasteiger partial charge in [0.05, 0.1) is 22.1 Å². The van der Waals surface area contributed by atoms with Crippen molar-refractivity contribution in [3.05, 3.63) is 276 Å². The molecule has 2 aliphatic rings. The zero-order valence-corrected chi connectivity index (χ0v) is 35.2. The highest BCUT2D eigenvalue weighted by Gasteiger charge is 2.46. The van der Waals surface area contributed by atoms with Crippen molar-refractivity contribution in [2.24, 2.45) is 0 Å². The summed E-state index contributed by atoms with van der Waals surface area (Å²) in [5, 5.41) is 0. The largest absolute Gasteiger partial charge is 0.310 e. The molecule has 0 spiro atoms. The van der Waals surface area contributed by atoms with E-state index in [1.165, 1.54) is 50.1 Å². The fourth-order valence-corrected chi connectivity index (χ4v) is 10.4. The predicted octanol–water partition coefficient (Wildman–Crippen LogP) is 15.3. The van der Waals surface area contributed by atoms with Crippen molar-refractivity contribution in [2.75, 3.05) is 4.90 Å². The minimum atomic E-state index is -0.532. The summed E-state index contributed by atoms with van der Waals surface area (Å²) < 4.78 is 2.31. The Labute approximate surface area is 374 Å². The van der Waals surface area contributed by atoms with Crippen LogP contribution in [0, 0.1) is 0 Å². The minimum Gasteiger partial charge on any atom is -0.310 e. The van der Waals surface area contributed by atoms with Gasteiger partial charge in [0.15, 0.2) is 0 Å². The van der Waals surface area contributed by atoms with Crippen molar-refractivity contribution in [3.63, 3.8) is 0 Å². The summed E-state index contributed by atoms with van der Waals surface area (Å²) in [6.45, 7) is 0. The van der Waals surface area contributed by atoms with Crippen LogP contribution in [0.2, 0.25) is 0 Å². The first kappa shape index (κ1) is 37.5. The van der Waals surface area contributed by atoms with Crippen LogP contribution in [0.25, 0.3) is 56.4 Å². The number of rotatable bonds is 8. The van der Waals surface area contributed by atoms with E-state index in [1.54, 1.807) is 0 Å². The SMILES string of the molecule is C1=CCc2c(N(c3ccc(-c4ccccc4)cc3)c3ccc4c(c3)C(c3ccccc3)(c3ccccc3)c3ccccc3-4)ccc(-c3nc4ccccc4n3-c3ccccc3)c2C=C1. The molecule has 0 N–H and O–H groups in total. The number of imidazole rings is 1. The highest BCUT2D eigenvalue weighted by atomic mass is 15.1. The lowest BCUT2D eigenvalue weighted by molar-refractivity contribution is 0.768. The minimum absolute atomic E-state index is 0.532. The topological polar surface area (TPSA) is 21.1 Å². The molecule has 3 nitrogen and oxygen atoms in total. The molecule has 2 aliphatic carbocycles. The van der Waals surface area contributed by atoms with Crippen LogP contribution in [0.5, 0.6) is 0 Å². The van der Waals surface area contributed by atoms with E-state index in [0.29, 0.717) is 0 Å². The lowest BCUT2D eigenvalue weighted by Gasteiger charge is -2.35. The third-order valence-electron chi connectivity index (χ3n) is 13.2. The Kier molecular flexibility index (Phi) is 9.12. The molecule has 0 amide bonds. The van der Waals surface area contributed by atoms with Crippen molar-refractivity contribution < 1.29 is 0 Å². The Morgan fingerprint density at radius 3 is 1.81 bits per heavy atom. The van der Waals surface area contributed by atoms with Gasteiger partial charge in [-0.3, -0.25) is 4.57 Å². The molecule has 1 aromatic heterocycles. The molecule has 0 saturated carbocycles. The standard InChI is InChI=1S/C61H43N3/c1-6-20-43(21-7-1)44-34-36-48(37-35-44)63(49-38-39-52-51-29-16-17-31-55(51)61(56(52)42-49,45-22-8-2-9-23-45)46-24-10-3-11-25-46)58-41-40-54(50-28-14-5-15-30-53(50)58)60-62-57-32-18-19-33-59(57)64(60)47-26-12-4-13-27-47/h1-29,31-42H,30H2. The fraction of sp³-hybridized carbons (Fsp3) is 0.0328. The molecule has 10 aromatic rings. The molecule has 0 atom stereocenters. The molecule has 0 aliphatic heterocycles. The van der Waals surface area contributed by atoms with Gasteiger partial charge in [0.2, 0.25) is 0 Å². The maximum absolute atomic E-state index is 5.36. The van der Waals surface area contributed by atoms with E-state index >= 15 is 0 Å². The second-order valence-electron chi connectivity index (χ2n) is 16.6. The van der Waals surface area contributed by atoms with Gasteiger partial charge in [-0.05, 0) is 123 Å². The van der Waals surface area contributed by atoms with E-state index in [2.05, 4.69) is 258 Å². The average molecular weight is 818 g/mol. The first-order valence-corrected chi connectivity index (χ1v) is 22.1. The van der Waals surface area contributed by atoms with Gasteiger partial charge in [0.1, 0.15) is 5.82 Å². The number of benzene rings is 9. The maximum atomic E-state index is 5.36. The van der Waals surface area contributed by atoms with Crippen LogP contribution in [0.1, 0.15) is 33.4 Å². The summed E-state index contributed by atoms with van der Waals surface area (Å²) in [7, 11) is 0. The second-order valence-corrected chi connectivity index (χ2v) is 16.6. The Balaban J connectivity index is 1.11. The van der Waals surface area contributed by atoms with Gasteiger partial charge in [-0.1, -0.05) is 188 Å². The molecular weight excluding hydrogens is 775 g/mol. The predicted molar refractivity (Wildman–Crippen MR) is 266 cm³/mol. The number of aromatic nitrogens is 2. The zero-order valence-electron chi connectivity index (χ0n) is 35.2. The first-order valence-electron chi connectivity index (χ1n) is 22.1. The van der Waals surface area contributed by atoms with Gasteiger partial charge in [-0.2, -0.15) is 0 Å². The van der Waals surface area contributed by atoms with Crippen molar-refractivity contribution >= 4 is 34.2 Å². The van der Waals surface area contributed by atoms with Crippen molar-refractivity contribution in [2.45, 2.75) is 11.8 Å². The Morgan fingerprint density at radius 1 is 0.469 bits per heavy atom. The number of fused-ring (bicyclic) bond motifs is 5. The molecule has 0 fully saturated rings. The number of anilines is 3. The Morgan fingerprint density at radius 2 is 1.06 bits per heavy atom. The van der Waals surface area contributed by atoms with E-state index in [0.717, 1.165) is 57.2 Å². The fourth-order valence-electron chi connectivity index (χ4n) is 10.4. The summed E-state index contributed by atoms with van der Waals surface area (Å²) in [4.78, 5) is 7.84. The smallest absolute Gasteiger partial charge is 0.146 e. The quantitative estimate of drug-likeness (QED) is 0.152. The second kappa shape index (κ2) is 15.6. The van der Waals surface area contributed by atoms with Crippen LogP contribution in [-0.2, 0) is 11.8 Å². The molecule has 0 bridgehead atoms. The van der Waals surface area contributed by atoms with Gasteiger partial charge in [0, 0.05) is 22.6 Å². The normalized spacial score (nSPS) is 13.2. The van der Waals surface area contributed by atoms with Crippen LogP contribution < -0.4 is 4.90 Å². The number of hydrogen-bond acceptors (Lipinski definition) is 2. The van der Waals surface area contributed by atoms with Crippen LogP contribution in [-0.4, -0.2) is 9.55 Å². The molecule has 0 radical (unpaired) electrons. The van der Waals surface area contributed by atoms with E-state index in [9.17, 15) is 0 Å². The lowest BCUT2D eigenvalue weighted by atomic mass is 9.67. The third-order valence-corrected chi connectivity index (χ3v) is 13.2. The molecule has 3 heteroatoms. The number of nitrogens with zero attached hydrogens (tertiary/aromatic N) is 3. The Bertz CT molecular complexity index is 3340. The summed E-state index contributed by atoms with van der Waals surface area (Å²) >= 11 is 0. The van der Waals surface area contributed by atoms with E-state index in [4.69, 9.17) is 4.98 Å². The third kappa shape index (κ3) is 6.00. The molecule has 64 heavy (non-hydrogen) atoms. The molecule has 1 heterocycles. The van der Waals surface area contributed by atoms with Gasteiger partial charge in [-0.25, -0.2) is 4.98 Å². The summed E-state index contributed by atoms with van der Waals surface area (Å²) in [5.74, 6) is 0.923. The van der Waals surface area contributed by atoms with Crippen molar-refractivity contribution in [3.8, 4) is 39.3 Å². The Hall–Kier alpha value is -8.27. The van der Waals surface area contributed by atoms with E-state index < -0.39 is 5.41 Å². The van der Waals surface area contributed by atoms with Crippen LogP contribution >= 0.6 is 0 Å². The molecule has 12 rings (SSSR count). The highest BCUT2D eigenvalue weighted by molar-refractivity contribution is 5.93. The van der Waals surface area contributed by atoms with E-state index in [-0.39, 0.29) is 0 Å². The molecule has 302 valence electrons. The first-order chi connectivity index (χ1) is 31.8. The molecule has 0 unspecified atom stereocenters. The summed E-state index contributed by atoms with van der Waals surface area (Å²) in [6.07, 6.45) is 9.66. The van der Waals surface area contributed by atoms with Crippen LogP contribution in [0.3, 0.4) is 0 Å². The molecule has 0 saturated heterocycles. The number of allylic oxidation sites excluding steroid dienone is 3. The zero-order chi connectivity index (χ0) is 42.5. The molecular formula is C61H43N3. The monoisotopic (exact) mass is 817 g/mol. The van der Waals surface area contributed by atoms with Crippen molar-refractivity contribution in [1.82, 2.24) is 9.55 Å².